The zero-order valence-corrected chi connectivity index (χ0v) is 14.9. The van der Waals surface area contributed by atoms with Gasteiger partial charge in [-0.15, -0.1) is 0 Å². The van der Waals surface area contributed by atoms with Crippen LogP contribution in [0, 0.1) is 0 Å². The lowest BCUT2D eigenvalue weighted by atomic mass is 10.1. The number of H-pyrrole nitrogens is 1. The van der Waals surface area contributed by atoms with E-state index in [0.717, 1.165) is 50.0 Å². The minimum atomic E-state index is 0.865. The predicted octanol–water partition coefficient (Wildman–Crippen LogP) is 6.26. The maximum Gasteiger partial charge on any atom is 0.137 e. The largest absolute Gasteiger partial charge is 0.337 e. The molecular weight excluding hydrogens is 374 g/mol. The fourth-order valence-corrected chi connectivity index (χ4v) is 3.56. The molecule has 0 fully saturated rings. The predicted molar refractivity (Wildman–Crippen MR) is 109 cm³/mol. The summed E-state index contributed by atoms with van der Waals surface area (Å²) in [4.78, 5) is 13.0. The second kappa shape index (κ2) is 5.67. The fraction of sp³-hybridized carbons (Fsp3) is 0.0476. The molecule has 1 aliphatic heterocycles. The molecule has 0 amide bonds. The average molecular weight is 388 g/mol. The number of nitrogens with one attached hydrogen (secondary N) is 1. The summed E-state index contributed by atoms with van der Waals surface area (Å²) in [5.41, 5.74) is 5.24. The number of fused-ring (bicyclic) bond motifs is 5. The molecule has 0 unspecified atom stereocenters. The molecule has 2 aromatic carbocycles. The van der Waals surface area contributed by atoms with Crippen molar-refractivity contribution in [2.75, 3.05) is 0 Å². The van der Waals surface area contributed by atoms with Crippen LogP contribution in [0.1, 0.15) is 12.0 Å². The van der Waals surface area contributed by atoms with Gasteiger partial charge in [-0.25, -0.2) is 9.98 Å². The number of allylic oxidation sites excluding steroid dienone is 1. The lowest BCUT2D eigenvalue weighted by Gasteiger charge is -2.05. The lowest BCUT2D eigenvalue weighted by molar-refractivity contribution is 1.35. The van der Waals surface area contributed by atoms with E-state index < -0.39 is 0 Å². The van der Waals surface area contributed by atoms with Gasteiger partial charge in [0.1, 0.15) is 5.82 Å². The van der Waals surface area contributed by atoms with E-state index in [0.29, 0.717) is 0 Å². The van der Waals surface area contributed by atoms with Gasteiger partial charge < -0.3 is 4.98 Å². The number of nitrogens with zero attached hydrogens (tertiary/aromatic N) is 2. The first-order valence-electron chi connectivity index (χ1n) is 8.20. The molecule has 3 heterocycles. The van der Waals surface area contributed by atoms with Crippen LogP contribution < -0.4 is 0 Å². The molecule has 0 aliphatic carbocycles. The molecule has 2 aromatic heterocycles. The zero-order chi connectivity index (χ0) is 16.8. The van der Waals surface area contributed by atoms with Crippen LogP contribution in [0.5, 0.6) is 0 Å². The van der Waals surface area contributed by atoms with Gasteiger partial charge >= 0.3 is 0 Å². The Morgan fingerprint density at radius 3 is 2.68 bits per heavy atom. The summed E-state index contributed by atoms with van der Waals surface area (Å²) in [7, 11) is 0. The molecule has 0 atom stereocenters. The Kier molecular flexibility index (Phi) is 3.31. The number of benzene rings is 2. The standard InChI is InChI=1S/C21H14BrN3/c22-15-8-4-13(5-9-15)18-11-7-14-6-10-16-17-3-1-2-12-23-21(17)25-20(16)19(14)24-18/h1,3-12,25H,2H2. The quantitative estimate of drug-likeness (QED) is 0.411. The van der Waals surface area contributed by atoms with E-state index in [1.54, 1.807) is 0 Å². The van der Waals surface area contributed by atoms with Gasteiger partial charge in [0.15, 0.2) is 0 Å². The summed E-state index contributed by atoms with van der Waals surface area (Å²) >= 11 is 3.48. The van der Waals surface area contributed by atoms with Crippen molar-refractivity contribution in [2.45, 2.75) is 6.42 Å². The van der Waals surface area contributed by atoms with Crippen molar-refractivity contribution in [2.24, 2.45) is 4.99 Å². The summed E-state index contributed by atoms with van der Waals surface area (Å²) in [6, 6.07) is 16.7. The number of pyridine rings is 1. The molecule has 4 aromatic rings. The number of rotatable bonds is 1. The maximum atomic E-state index is 4.95. The van der Waals surface area contributed by atoms with Crippen LogP contribution in [0.2, 0.25) is 0 Å². The normalized spacial score (nSPS) is 13.3. The van der Waals surface area contributed by atoms with E-state index in [1.165, 1.54) is 5.39 Å². The van der Waals surface area contributed by atoms with Crippen LogP contribution >= 0.6 is 15.9 Å². The molecule has 1 aliphatic rings. The van der Waals surface area contributed by atoms with Gasteiger partial charge in [-0.2, -0.15) is 0 Å². The van der Waals surface area contributed by atoms with Gasteiger partial charge in [0.05, 0.1) is 16.7 Å². The van der Waals surface area contributed by atoms with E-state index >= 15 is 0 Å². The Morgan fingerprint density at radius 2 is 1.80 bits per heavy atom. The van der Waals surface area contributed by atoms with Crippen LogP contribution in [0.25, 0.3) is 39.1 Å². The number of aliphatic imine (C=N–C) groups is 1. The number of aromatic amines is 1. The first kappa shape index (κ1) is 14.6. The number of hydrogen-bond acceptors (Lipinski definition) is 2. The van der Waals surface area contributed by atoms with Gasteiger partial charge in [-0.1, -0.05) is 58.4 Å². The Bertz CT molecular complexity index is 1170. The lowest BCUT2D eigenvalue weighted by Crippen LogP contribution is -1.86. The molecule has 0 saturated carbocycles. The Labute approximate surface area is 153 Å². The van der Waals surface area contributed by atoms with Crippen LogP contribution in [0.3, 0.4) is 0 Å². The summed E-state index contributed by atoms with van der Waals surface area (Å²) in [6.45, 7) is 0. The highest BCUT2D eigenvalue weighted by atomic mass is 79.9. The fourth-order valence-electron chi connectivity index (χ4n) is 3.30. The van der Waals surface area contributed by atoms with Crippen molar-refractivity contribution in [3.8, 4) is 11.3 Å². The highest BCUT2D eigenvalue weighted by Gasteiger charge is 2.13. The van der Waals surface area contributed by atoms with Crippen molar-refractivity contribution in [1.82, 2.24) is 9.97 Å². The van der Waals surface area contributed by atoms with Crippen LogP contribution in [-0.4, -0.2) is 16.2 Å². The maximum absolute atomic E-state index is 4.95. The summed E-state index contributed by atoms with van der Waals surface area (Å²) in [5.74, 6) is 0.909. The van der Waals surface area contributed by atoms with E-state index in [9.17, 15) is 0 Å². The monoisotopic (exact) mass is 387 g/mol. The van der Waals surface area contributed by atoms with Crippen molar-refractivity contribution in [1.29, 1.82) is 0 Å². The second-order valence-electron chi connectivity index (χ2n) is 6.10. The summed E-state index contributed by atoms with van der Waals surface area (Å²) in [6.07, 6.45) is 7.08. The third kappa shape index (κ3) is 2.41. The van der Waals surface area contributed by atoms with E-state index in [4.69, 9.17) is 4.98 Å². The SMILES string of the molecule is Brc1ccc(-c2ccc3ccc4c5c([nH]c4c3n2)N=CCC=C5)cc1. The topological polar surface area (TPSA) is 41.0 Å². The van der Waals surface area contributed by atoms with Crippen molar-refractivity contribution < 1.29 is 0 Å². The zero-order valence-electron chi connectivity index (χ0n) is 13.3. The van der Waals surface area contributed by atoms with Crippen LogP contribution in [0.4, 0.5) is 5.82 Å². The van der Waals surface area contributed by atoms with Crippen molar-refractivity contribution in [3.63, 3.8) is 0 Å². The number of aromatic nitrogens is 2. The highest BCUT2D eigenvalue weighted by Crippen LogP contribution is 2.35. The van der Waals surface area contributed by atoms with Crippen LogP contribution in [0.15, 0.2) is 64.1 Å². The van der Waals surface area contributed by atoms with Crippen molar-refractivity contribution >= 4 is 55.8 Å². The molecule has 0 saturated heterocycles. The van der Waals surface area contributed by atoms with Gasteiger partial charge in [0.25, 0.3) is 0 Å². The summed E-state index contributed by atoms with van der Waals surface area (Å²) < 4.78 is 1.07. The highest BCUT2D eigenvalue weighted by molar-refractivity contribution is 9.10. The molecule has 4 heteroatoms. The Morgan fingerprint density at radius 1 is 0.960 bits per heavy atom. The smallest absolute Gasteiger partial charge is 0.137 e. The Hall–Kier alpha value is -2.72. The minimum absolute atomic E-state index is 0.865. The first-order valence-corrected chi connectivity index (χ1v) is 8.99. The minimum Gasteiger partial charge on any atom is -0.337 e. The van der Waals surface area contributed by atoms with Gasteiger partial charge in [0, 0.05) is 39.0 Å². The molecule has 1 N–H and O–H groups in total. The Balaban J connectivity index is 1.78. The molecule has 0 spiro atoms. The van der Waals surface area contributed by atoms with E-state index in [2.05, 4.69) is 74.5 Å². The molecule has 0 bridgehead atoms. The van der Waals surface area contributed by atoms with Gasteiger partial charge in [-0.3, -0.25) is 0 Å². The third-order valence-electron chi connectivity index (χ3n) is 4.54. The first-order chi connectivity index (χ1) is 12.3. The summed E-state index contributed by atoms with van der Waals surface area (Å²) in [5, 5.41) is 2.29. The molecule has 25 heavy (non-hydrogen) atoms. The molecular formula is C21H14BrN3. The molecule has 5 rings (SSSR count). The average Bonchev–Trinajstić information content (AvgIpc) is 2.83. The molecule has 3 nitrogen and oxygen atoms in total. The second-order valence-corrected chi connectivity index (χ2v) is 7.02. The van der Waals surface area contributed by atoms with E-state index in [-0.39, 0.29) is 0 Å². The molecule has 120 valence electrons. The van der Waals surface area contributed by atoms with Gasteiger partial charge in [-0.05, 0) is 18.2 Å². The number of hydrogen-bond donors (Lipinski definition) is 1. The van der Waals surface area contributed by atoms with Crippen molar-refractivity contribution in [3.05, 3.63) is 64.6 Å². The molecule has 0 radical (unpaired) electrons. The van der Waals surface area contributed by atoms with E-state index in [1.807, 2.05) is 18.3 Å². The third-order valence-corrected chi connectivity index (χ3v) is 5.07. The number of halogens is 1. The van der Waals surface area contributed by atoms with Crippen LogP contribution in [-0.2, 0) is 0 Å². The van der Waals surface area contributed by atoms with Gasteiger partial charge in [0.2, 0.25) is 0 Å².